The van der Waals surface area contributed by atoms with Crippen LogP contribution in [0.5, 0.6) is 5.75 Å². The Bertz CT molecular complexity index is 1970. The van der Waals surface area contributed by atoms with Crippen LogP contribution in [0, 0.1) is 0 Å². The Balaban J connectivity index is 1.20. The van der Waals surface area contributed by atoms with Crippen molar-refractivity contribution in [1.82, 2.24) is 19.1 Å². The second kappa shape index (κ2) is 15.2. The van der Waals surface area contributed by atoms with E-state index in [0.717, 1.165) is 46.5 Å². The van der Waals surface area contributed by atoms with Gasteiger partial charge in [-0.2, -0.15) is 5.10 Å². The Morgan fingerprint density at radius 1 is 0.812 bits per heavy atom. The van der Waals surface area contributed by atoms with Gasteiger partial charge in [0.1, 0.15) is 11.6 Å². The first-order chi connectivity index (χ1) is 23.0. The van der Waals surface area contributed by atoms with Crippen molar-refractivity contribution in [2.24, 2.45) is 0 Å². The van der Waals surface area contributed by atoms with Gasteiger partial charge in [-0.1, -0.05) is 106 Å². The number of nitrogens with zero attached hydrogens (tertiary/aromatic N) is 3. The molecule has 1 aromatic heterocycles. The highest BCUT2D eigenvalue weighted by Crippen LogP contribution is 2.28. The Kier molecular flexibility index (Phi) is 11.0. The maximum absolute atomic E-state index is 13.1. The van der Waals surface area contributed by atoms with Gasteiger partial charge in [-0.05, 0) is 70.7 Å². The van der Waals surface area contributed by atoms with Crippen molar-refractivity contribution in [2.45, 2.75) is 77.8 Å². The van der Waals surface area contributed by atoms with Gasteiger partial charge in [0.15, 0.2) is 0 Å². The lowest BCUT2D eigenvalue weighted by atomic mass is 9.87. The summed E-state index contributed by atoms with van der Waals surface area (Å²) in [7, 11) is -1.94. The molecule has 48 heavy (non-hydrogen) atoms. The lowest BCUT2D eigenvalue weighted by Crippen LogP contribution is -2.25. The molecule has 0 aliphatic rings. The van der Waals surface area contributed by atoms with E-state index in [9.17, 15) is 13.2 Å². The smallest absolute Gasteiger partial charge is 0.346 e. The number of aromatic nitrogens is 3. The summed E-state index contributed by atoms with van der Waals surface area (Å²) in [5.74, 6) is 1.36. The molecule has 5 aromatic rings. The first-order valence-electron chi connectivity index (χ1n) is 16.5. The topological polar surface area (TPSA) is 95.2 Å². The molecule has 0 radical (unpaired) electrons. The van der Waals surface area contributed by atoms with Crippen LogP contribution in [0.15, 0.2) is 102 Å². The lowest BCUT2D eigenvalue weighted by molar-refractivity contribution is 0.409. The number of sulfonamides is 1. The van der Waals surface area contributed by atoms with Crippen molar-refractivity contribution >= 4 is 10.0 Å². The van der Waals surface area contributed by atoms with Gasteiger partial charge in [0.2, 0.25) is 10.0 Å². The van der Waals surface area contributed by atoms with Crippen molar-refractivity contribution in [3.05, 3.63) is 141 Å². The number of hydrogen-bond acceptors (Lipinski definition) is 5. The molecule has 0 spiro atoms. The Labute approximate surface area is 284 Å². The Hall–Kier alpha value is -4.47. The van der Waals surface area contributed by atoms with Crippen LogP contribution in [0.1, 0.15) is 67.8 Å². The molecular formula is C39H46N4O4S. The molecule has 252 valence electrons. The Morgan fingerprint density at radius 2 is 1.48 bits per heavy atom. The van der Waals surface area contributed by atoms with Gasteiger partial charge in [0.05, 0.1) is 19.4 Å². The zero-order chi connectivity index (χ0) is 34.3. The summed E-state index contributed by atoms with van der Waals surface area (Å²) < 4.78 is 37.1. The van der Waals surface area contributed by atoms with E-state index >= 15 is 0 Å². The molecule has 9 heteroatoms. The number of ether oxygens (including phenoxy) is 1. The highest BCUT2D eigenvalue weighted by atomic mass is 32.2. The number of rotatable bonds is 14. The van der Waals surface area contributed by atoms with Crippen LogP contribution in [-0.4, -0.2) is 29.9 Å². The summed E-state index contributed by atoms with van der Waals surface area (Å²) in [5.41, 5.74) is 7.04. The maximum atomic E-state index is 13.1. The average Bonchev–Trinajstić information content (AvgIpc) is 3.37. The highest BCUT2D eigenvalue weighted by Gasteiger charge is 2.16. The van der Waals surface area contributed by atoms with Gasteiger partial charge in [0, 0.05) is 25.1 Å². The third kappa shape index (κ3) is 8.90. The second-order valence-electron chi connectivity index (χ2n) is 13.2. The molecule has 5 rings (SSSR count). The summed E-state index contributed by atoms with van der Waals surface area (Å²) in [4.78, 5) is 13.1. The zero-order valence-corrected chi connectivity index (χ0v) is 29.4. The van der Waals surface area contributed by atoms with E-state index in [0.29, 0.717) is 25.3 Å². The van der Waals surface area contributed by atoms with Gasteiger partial charge < -0.3 is 4.74 Å². The first kappa shape index (κ1) is 34.9. The SMILES string of the molecule is CCn1c(CCCc2ccc(-c3ccc(OC)c(CNS(=O)(=O)Cc4ccccc4)c3)cc2)nn(Cc2ccc(C(C)(C)C)cc2)c1=O. The molecule has 0 atom stereocenters. The molecule has 4 aromatic carbocycles. The maximum Gasteiger partial charge on any atom is 0.346 e. The number of methoxy groups -OCH3 is 1. The van der Waals surface area contributed by atoms with Crippen LogP contribution < -0.4 is 15.1 Å². The van der Waals surface area contributed by atoms with Crippen LogP contribution in [0.2, 0.25) is 0 Å². The normalized spacial score (nSPS) is 11.9. The number of benzene rings is 4. The molecule has 1 N–H and O–H groups in total. The predicted molar refractivity (Wildman–Crippen MR) is 193 cm³/mol. The highest BCUT2D eigenvalue weighted by molar-refractivity contribution is 7.88. The van der Waals surface area contributed by atoms with Crippen LogP contribution in [0.4, 0.5) is 0 Å². The molecule has 8 nitrogen and oxygen atoms in total. The van der Waals surface area contributed by atoms with Crippen molar-refractivity contribution < 1.29 is 13.2 Å². The Morgan fingerprint density at radius 3 is 2.12 bits per heavy atom. The summed E-state index contributed by atoms with van der Waals surface area (Å²) in [6.45, 7) is 9.74. The van der Waals surface area contributed by atoms with Crippen molar-refractivity contribution in [2.75, 3.05) is 7.11 Å². The molecule has 0 fully saturated rings. The predicted octanol–water partition coefficient (Wildman–Crippen LogP) is 6.88. The summed E-state index contributed by atoms with van der Waals surface area (Å²) in [6, 6.07) is 31.8. The number of hydrogen-bond donors (Lipinski definition) is 1. The van der Waals surface area contributed by atoms with E-state index in [4.69, 9.17) is 9.84 Å². The second-order valence-corrected chi connectivity index (χ2v) is 15.0. The van der Waals surface area contributed by atoms with E-state index in [1.165, 1.54) is 11.1 Å². The fourth-order valence-corrected chi connectivity index (χ4v) is 6.93. The summed E-state index contributed by atoms with van der Waals surface area (Å²) in [5, 5.41) is 4.72. The quantitative estimate of drug-likeness (QED) is 0.139. The number of aryl methyl sites for hydroxylation is 2. The fourth-order valence-electron chi connectivity index (χ4n) is 5.82. The molecule has 0 amide bonds. The zero-order valence-electron chi connectivity index (χ0n) is 28.6. The molecule has 0 saturated carbocycles. The largest absolute Gasteiger partial charge is 0.496 e. The minimum atomic E-state index is -3.53. The van der Waals surface area contributed by atoms with Crippen molar-refractivity contribution in [3.63, 3.8) is 0 Å². The van der Waals surface area contributed by atoms with E-state index in [1.807, 2.05) is 43.3 Å². The molecule has 1 heterocycles. The van der Waals surface area contributed by atoms with E-state index in [-0.39, 0.29) is 23.4 Å². The fraction of sp³-hybridized carbons (Fsp3) is 0.333. The monoisotopic (exact) mass is 666 g/mol. The minimum Gasteiger partial charge on any atom is -0.496 e. The first-order valence-corrected chi connectivity index (χ1v) is 18.1. The molecule has 0 saturated heterocycles. The van der Waals surface area contributed by atoms with Crippen molar-refractivity contribution in [3.8, 4) is 16.9 Å². The van der Waals surface area contributed by atoms with Gasteiger partial charge in [-0.3, -0.25) is 4.57 Å². The van der Waals surface area contributed by atoms with Crippen molar-refractivity contribution in [1.29, 1.82) is 0 Å². The van der Waals surface area contributed by atoms with Crippen LogP contribution >= 0.6 is 0 Å². The summed E-state index contributed by atoms with van der Waals surface area (Å²) >= 11 is 0. The van der Waals surface area contributed by atoms with E-state index < -0.39 is 10.0 Å². The molecule has 0 bridgehead atoms. The summed E-state index contributed by atoms with van der Waals surface area (Å²) in [6.07, 6.45) is 2.44. The molecule has 0 aliphatic carbocycles. The van der Waals surface area contributed by atoms with Gasteiger partial charge in [-0.15, -0.1) is 0 Å². The van der Waals surface area contributed by atoms with Crippen LogP contribution in [-0.2, 0) is 53.7 Å². The molecular weight excluding hydrogens is 621 g/mol. The molecule has 0 aliphatic heterocycles. The molecule has 0 unspecified atom stereocenters. The lowest BCUT2D eigenvalue weighted by Gasteiger charge is -2.19. The van der Waals surface area contributed by atoms with Gasteiger partial charge in [0.25, 0.3) is 0 Å². The van der Waals surface area contributed by atoms with Gasteiger partial charge >= 0.3 is 5.69 Å². The standard InChI is InChI=1S/C39H46N4O4S/c1-6-42-37(41-43(38(42)44)27-30-17-22-35(23-18-30)39(2,3)4)14-10-13-29-15-19-32(20-16-29)33-21-24-36(47-5)34(25-33)26-40-48(45,46)28-31-11-8-7-9-12-31/h7-9,11-12,15-25,40H,6,10,13-14,26-28H2,1-5H3. The van der Waals surface area contributed by atoms with E-state index in [2.05, 4.69) is 74.0 Å². The van der Waals surface area contributed by atoms with Crippen LogP contribution in [0.3, 0.4) is 0 Å². The average molecular weight is 667 g/mol. The van der Waals surface area contributed by atoms with Crippen LogP contribution in [0.25, 0.3) is 11.1 Å². The number of nitrogens with one attached hydrogen (secondary N) is 1. The minimum absolute atomic E-state index is 0.0698. The van der Waals surface area contributed by atoms with E-state index in [1.54, 1.807) is 28.5 Å². The third-order valence-corrected chi connectivity index (χ3v) is 9.88. The third-order valence-electron chi connectivity index (χ3n) is 8.58. The van der Waals surface area contributed by atoms with Gasteiger partial charge in [-0.25, -0.2) is 22.6 Å².